The molecule has 1 N–H and O–H groups in total. The number of nitrogens with one attached hydrogen (secondary N) is 1. The minimum absolute atomic E-state index is 0.0674. The zero-order valence-electron chi connectivity index (χ0n) is 16.9. The van der Waals surface area contributed by atoms with Crippen molar-refractivity contribution < 1.29 is 18.0 Å². The lowest BCUT2D eigenvalue weighted by atomic mass is 10.1. The first-order valence-corrected chi connectivity index (χ1v) is 10.0. The first kappa shape index (κ1) is 23.5. The molecule has 0 fully saturated rings. The van der Waals surface area contributed by atoms with Crippen LogP contribution in [0, 0.1) is 25.2 Å². The Morgan fingerprint density at radius 1 is 1.12 bits per heavy atom. The maximum Gasteiger partial charge on any atom is 0.416 e. The minimum Gasteiger partial charge on any atom is -0.321 e. The van der Waals surface area contributed by atoms with Gasteiger partial charge in [-0.1, -0.05) is 29.3 Å². The standard InChI is InChI=1S/C23H16Cl2F3N3O/c1-13-8-15(14(2)31(13)21-11-18(24)6-7-20(21)25)9-16(12-29)22(32)30-19-5-3-4-17(10-19)23(26,27)28/h3-11H,1-2H3,(H,30,32)/b16-9-. The first-order valence-electron chi connectivity index (χ1n) is 9.26. The molecule has 0 unspecified atom stereocenters. The van der Waals surface area contributed by atoms with Crippen molar-refractivity contribution in [3.8, 4) is 11.8 Å². The van der Waals surface area contributed by atoms with E-state index in [0.717, 1.165) is 17.8 Å². The van der Waals surface area contributed by atoms with E-state index in [-0.39, 0.29) is 11.3 Å². The molecule has 1 aromatic heterocycles. The Labute approximate surface area is 192 Å². The Bertz CT molecular complexity index is 1270. The Morgan fingerprint density at radius 2 is 1.84 bits per heavy atom. The summed E-state index contributed by atoms with van der Waals surface area (Å²) in [5.74, 6) is -0.822. The van der Waals surface area contributed by atoms with Gasteiger partial charge in [-0.2, -0.15) is 18.4 Å². The summed E-state index contributed by atoms with van der Waals surface area (Å²) in [6.07, 6.45) is -3.17. The molecule has 0 bridgehead atoms. The van der Waals surface area contributed by atoms with Gasteiger partial charge in [0, 0.05) is 22.1 Å². The molecule has 0 aliphatic heterocycles. The van der Waals surface area contributed by atoms with Gasteiger partial charge in [-0.15, -0.1) is 0 Å². The zero-order valence-corrected chi connectivity index (χ0v) is 18.4. The largest absolute Gasteiger partial charge is 0.416 e. The molecule has 0 aliphatic rings. The van der Waals surface area contributed by atoms with Crippen LogP contribution in [0.4, 0.5) is 18.9 Å². The van der Waals surface area contributed by atoms with Crippen molar-refractivity contribution in [3.05, 3.63) is 86.7 Å². The fourth-order valence-corrected chi connectivity index (χ4v) is 3.61. The van der Waals surface area contributed by atoms with Crippen molar-refractivity contribution >= 4 is 40.9 Å². The summed E-state index contributed by atoms with van der Waals surface area (Å²) in [5, 5.41) is 12.8. The van der Waals surface area contributed by atoms with Gasteiger partial charge in [-0.3, -0.25) is 4.79 Å². The van der Waals surface area contributed by atoms with Gasteiger partial charge < -0.3 is 9.88 Å². The summed E-state index contributed by atoms with van der Waals surface area (Å²) in [6, 6.07) is 12.8. The molecule has 164 valence electrons. The van der Waals surface area contributed by atoms with Gasteiger partial charge in [-0.25, -0.2) is 0 Å². The number of aryl methyl sites for hydroxylation is 1. The van der Waals surface area contributed by atoms with Crippen molar-refractivity contribution in [2.75, 3.05) is 5.32 Å². The number of benzene rings is 2. The number of anilines is 1. The number of alkyl halides is 3. The number of aromatic nitrogens is 1. The van der Waals surface area contributed by atoms with E-state index in [4.69, 9.17) is 23.2 Å². The van der Waals surface area contributed by atoms with E-state index in [2.05, 4.69) is 5.32 Å². The number of nitriles is 1. The van der Waals surface area contributed by atoms with E-state index < -0.39 is 17.6 Å². The van der Waals surface area contributed by atoms with Crippen LogP contribution in [0.15, 0.2) is 54.1 Å². The third kappa shape index (κ3) is 4.98. The lowest BCUT2D eigenvalue weighted by Gasteiger charge is -2.12. The highest BCUT2D eigenvalue weighted by Gasteiger charge is 2.30. The van der Waals surface area contributed by atoms with Crippen LogP contribution in [0.3, 0.4) is 0 Å². The molecule has 0 spiro atoms. The van der Waals surface area contributed by atoms with Crippen molar-refractivity contribution in [2.24, 2.45) is 0 Å². The van der Waals surface area contributed by atoms with Gasteiger partial charge in [0.15, 0.2) is 0 Å². The third-order valence-electron chi connectivity index (χ3n) is 4.73. The fraction of sp³-hybridized carbons (Fsp3) is 0.130. The van der Waals surface area contributed by atoms with Crippen molar-refractivity contribution in [1.82, 2.24) is 4.57 Å². The number of carbonyl (C=O) groups is 1. The normalized spacial score (nSPS) is 11.9. The Kier molecular flexibility index (Phi) is 6.68. The second kappa shape index (κ2) is 9.11. The molecule has 1 heterocycles. The number of carbonyl (C=O) groups excluding carboxylic acids is 1. The van der Waals surface area contributed by atoms with Crippen LogP contribution in [-0.2, 0) is 11.0 Å². The summed E-state index contributed by atoms with van der Waals surface area (Å²) < 4.78 is 40.5. The summed E-state index contributed by atoms with van der Waals surface area (Å²) >= 11 is 12.4. The molecule has 3 aromatic rings. The van der Waals surface area contributed by atoms with Crippen LogP contribution in [0.2, 0.25) is 10.0 Å². The monoisotopic (exact) mass is 477 g/mol. The minimum atomic E-state index is -4.55. The molecule has 9 heteroatoms. The Morgan fingerprint density at radius 3 is 2.50 bits per heavy atom. The number of amides is 1. The topological polar surface area (TPSA) is 57.8 Å². The molecule has 0 saturated carbocycles. The second-order valence-corrected chi connectivity index (χ2v) is 7.80. The van der Waals surface area contributed by atoms with Gasteiger partial charge >= 0.3 is 6.18 Å². The average Bonchev–Trinajstić information content (AvgIpc) is 3.00. The molecule has 0 atom stereocenters. The highest BCUT2D eigenvalue weighted by atomic mass is 35.5. The third-order valence-corrected chi connectivity index (χ3v) is 5.29. The maximum atomic E-state index is 12.9. The molecule has 4 nitrogen and oxygen atoms in total. The van der Waals surface area contributed by atoms with E-state index in [1.165, 1.54) is 18.2 Å². The summed E-state index contributed by atoms with van der Waals surface area (Å²) in [4.78, 5) is 12.6. The average molecular weight is 478 g/mol. The van der Waals surface area contributed by atoms with Crippen LogP contribution in [0.1, 0.15) is 22.5 Å². The van der Waals surface area contributed by atoms with Crippen LogP contribution in [0.25, 0.3) is 11.8 Å². The number of nitrogens with zero attached hydrogens (tertiary/aromatic N) is 2. The van der Waals surface area contributed by atoms with Crippen LogP contribution in [0.5, 0.6) is 0 Å². The highest BCUT2D eigenvalue weighted by Crippen LogP contribution is 2.31. The predicted molar refractivity (Wildman–Crippen MR) is 119 cm³/mol. The van der Waals surface area contributed by atoms with Gasteiger partial charge in [0.05, 0.1) is 16.3 Å². The molecule has 2 aromatic carbocycles. The Hall–Kier alpha value is -3.21. The molecule has 0 saturated heterocycles. The molecule has 0 radical (unpaired) electrons. The van der Waals surface area contributed by atoms with E-state index in [9.17, 15) is 23.2 Å². The van der Waals surface area contributed by atoms with Crippen LogP contribution < -0.4 is 5.32 Å². The van der Waals surface area contributed by atoms with E-state index in [0.29, 0.717) is 27.0 Å². The van der Waals surface area contributed by atoms with E-state index >= 15 is 0 Å². The number of halogens is 5. The zero-order chi connectivity index (χ0) is 23.6. The maximum absolute atomic E-state index is 12.9. The SMILES string of the molecule is Cc1cc(/C=C(/C#N)C(=O)Nc2cccc(C(F)(F)F)c2)c(C)n1-c1cc(Cl)ccc1Cl. The van der Waals surface area contributed by atoms with Gasteiger partial charge in [0.1, 0.15) is 11.6 Å². The quantitative estimate of drug-likeness (QED) is 0.325. The molecule has 0 aliphatic carbocycles. The number of hydrogen-bond acceptors (Lipinski definition) is 2. The highest BCUT2D eigenvalue weighted by molar-refractivity contribution is 6.34. The van der Waals surface area contributed by atoms with Crippen LogP contribution in [-0.4, -0.2) is 10.5 Å². The van der Waals surface area contributed by atoms with Crippen molar-refractivity contribution in [3.63, 3.8) is 0 Å². The van der Waals surface area contributed by atoms with Gasteiger partial charge in [0.25, 0.3) is 5.91 Å². The smallest absolute Gasteiger partial charge is 0.321 e. The Balaban J connectivity index is 1.94. The number of hydrogen-bond donors (Lipinski definition) is 1. The second-order valence-electron chi connectivity index (χ2n) is 6.96. The van der Waals surface area contributed by atoms with Crippen molar-refractivity contribution in [2.45, 2.75) is 20.0 Å². The molecular weight excluding hydrogens is 462 g/mol. The van der Waals surface area contributed by atoms with Crippen molar-refractivity contribution in [1.29, 1.82) is 5.26 Å². The summed E-state index contributed by atoms with van der Waals surface area (Å²) in [5.41, 5.74) is 1.47. The molecule has 32 heavy (non-hydrogen) atoms. The summed E-state index contributed by atoms with van der Waals surface area (Å²) in [6.45, 7) is 3.62. The first-order chi connectivity index (χ1) is 15.0. The van der Waals surface area contributed by atoms with Gasteiger partial charge in [-0.05, 0) is 68.0 Å². The summed E-state index contributed by atoms with van der Waals surface area (Å²) in [7, 11) is 0. The molecule has 1 amide bonds. The van der Waals surface area contributed by atoms with Crippen LogP contribution >= 0.6 is 23.2 Å². The predicted octanol–water partition coefficient (Wildman–Crippen LogP) is 6.97. The lowest BCUT2D eigenvalue weighted by Crippen LogP contribution is -2.14. The lowest BCUT2D eigenvalue weighted by molar-refractivity contribution is -0.137. The van der Waals surface area contributed by atoms with E-state index in [1.807, 2.05) is 11.5 Å². The van der Waals surface area contributed by atoms with E-state index in [1.54, 1.807) is 37.3 Å². The fourth-order valence-electron chi connectivity index (χ4n) is 3.24. The molecular formula is C23H16Cl2F3N3O. The van der Waals surface area contributed by atoms with Gasteiger partial charge in [0.2, 0.25) is 0 Å². The number of rotatable bonds is 4. The molecule has 3 rings (SSSR count).